The van der Waals surface area contributed by atoms with E-state index in [-0.39, 0.29) is 0 Å². The van der Waals surface area contributed by atoms with E-state index in [1.165, 1.54) is 82.4 Å². The average Bonchev–Trinajstić information content (AvgIpc) is 3.77. The summed E-state index contributed by atoms with van der Waals surface area (Å²) < 4.78 is 9.09. The highest BCUT2D eigenvalue weighted by atomic mass is 16.3. The van der Waals surface area contributed by atoms with E-state index in [9.17, 15) is 0 Å². The van der Waals surface area contributed by atoms with Crippen LogP contribution in [0.3, 0.4) is 0 Å². The summed E-state index contributed by atoms with van der Waals surface area (Å²) in [5.41, 5.74) is 17.7. The molecule has 12 rings (SSSR count). The molecule has 1 aliphatic rings. The molecule has 0 saturated heterocycles. The lowest BCUT2D eigenvalue weighted by Crippen LogP contribution is -2.13. The van der Waals surface area contributed by atoms with Crippen molar-refractivity contribution in [2.24, 2.45) is 0 Å². The first-order valence-electron chi connectivity index (χ1n) is 19.4. The minimum absolute atomic E-state index is 0.905. The molecule has 0 unspecified atom stereocenters. The summed E-state index contributed by atoms with van der Waals surface area (Å²) in [6.45, 7) is 6.56. The van der Waals surface area contributed by atoms with Gasteiger partial charge in [-0.1, -0.05) is 91.0 Å². The van der Waals surface area contributed by atoms with Gasteiger partial charge in [-0.3, -0.25) is 0 Å². The second kappa shape index (κ2) is 11.5. The summed E-state index contributed by atoms with van der Waals surface area (Å²) in [4.78, 5) is 2.41. The SMILES string of the molecule is Cc1ccc(C)c(N(c2ccc3cc4c(cc3c2)-c2cc3ccc(-n5c6ccccc6c6ccccc65)cc3cc2-4)c2c(C)ccc3c2oc2ccccc23)c1. The molecule has 0 saturated carbocycles. The molecule has 0 radical (unpaired) electrons. The second-order valence-electron chi connectivity index (χ2n) is 15.6. The number of rotatable bonds is 4. The van der Waals surface area contributed by atoms with E-state index in [0.717, 1.165) is 44.6 Å². The molecule has 0 fully saturated rings. The maximum atomic E-state index is 6.69. The summed E-state index contributed by atoms with van der Waals surface area (Å²) in [5.74, 6) is 0. The van der Waals surface area contributed by atoms with Crippen LogP contribution in [0.25, 0.3) is 93.2 Å². The molecule has 1 aliphatic carbocycles. The van der Waals surface area contributed by atoms with Gasteiger partial charge in [-0.25, -0.2) is 0 Å². The Labute approximate surface area is 324 Å². The second-order valence-corrected chi connectivity index (χ2v) is 15.6. The van der Waals surface area contributed by atoms with Crippen LogP contribution < -0.4 is 4.90 Å². The Morgan fingerprint density at radius 2 is 1.04 bits per heavy atom. The zero-order valence-electron chi connectivity index (χ0n) is 31.4. The first kappa shape index (κ1) is 31.3. The lowest BCUT2D eigenvalue weighted by Gasteiger charge is -2.30. The molecule has 0 spiro atoms. The quantitative estimate of drug-likeness (QED) is 0.181. The molecule has 0 bridgehead atoms. The van der Waals surface area contributed by atoms with E-state index in [2.05, 4.69) is 188 Å². The summed E-state index contributed by atoms with van der Waals surface area (Å²) in [6, 6.07) is 60.3. The van der Waals surface area contributed by atoms with Crippen molar-refractivity contribution in [1.29, 1.82) is 0 Å². The monoisotopic (exact) mass is 716 g/mol. The van der Waals surface area contributed by atoms with Crippen molar-refractivity contribution < 1.29 is 4.42 Å². The minimum Gasteiger partial charge on any atom is -0.454 e. The van der Waals surface area contributed by atoms with E-state index >= 15 is 0 Å². The highest BCUT2D eigenvalue weighted by Gasteiger charge is 2.26. The number of aryl methyl sites for hydroxylation is 3. The van der Waals surface area contributed by atoms with E-state index in [0.29, 0.717) is 0 Å². The smallest absolute Gasteiger partial charge is 0.159 e. The topological polar surface area (TPSA) is 21.3 Å². The molecule has 264 valence electrons. The van der Waals surface area contributed by atoms with Crippen molar-refractivity contribution >= 4 is 82.4 Å². The third-order valence-electron chi connectivity index (χ3n) is 12.1. The van der Waals surface area contributed by atoms with Crippen LogP contribution in [0.5, 0.6) is 0 Å². The number of fused-ring (bicyclic) bond motifs is 12. The highest BCUT2D eigenvalue weighted by molar-refractivity contribution is 6.14. The fourth-order valence-corrected chi connectivity index (χ4v) is 9.38. The molecule has 0 atom stereocenters. The van der Waals surface area contributed by atoms with Crippen LogP contribution in [0.4, 0.5) is 17.1 Å². The maximum absolute atomic E-state index is 6.69. The number of benzene rings is 9. The van der Waals surface area contributed by atoms with Crippen LogP contribution in [0.15, 0.2) is 168 Å². The van der Waals surface area contributed by atoms with Gasteiger partial charge in [0.1, 0.15) is 5.58 Å². The average molecular weight is 717 g/mol. The van der Waals surface area contributed by atoms with E-state index in [1.807, 2.05) is 6.07 Å². The lowest BCUT2D eigenvalue weighted by molar-refractivity contribution is 0.668. The Bertz CT molecular complexity index is 3420. The lowest BCUT2D eigenvalue weighted by atomic mass is 9.78. The molecule has 9 aromatic carbocycles. The van der Waals surface area contributed by atoms with Crippen molar-refractivity contribution in [2.75, 3.05) is 4.90 Å². The molecule has 3 heteroatoms. The molecule has 3 nitrogen and oxygen atoms in total. The van der Waals surface area contributed by atoms with Gasteiger partial charge in [0.25, 0.3) is 0 Å². The predicted molar refractivity (Wildman–Crippen MR) is 236 cm³/mol. The molecular formula is C53H36N2O. The normalized spacial score (nSPS) is 12.2. The van der Waals surface area contributed by atoms with Gasteiger partial charge in [0.05, 0.1) is 16.7 Å². The van der Waals surface area contributed by atoms with Crippen LogP contribution in [-0.2, 0) is 0 Å². The standard InChI is InChI=1S/C53H36N2O/c1-31-16-17-32(2)50(24-31)55(52-33(3)18-23-43-42-12-6-9-15-51(42)56-53(43)52)39-22-20-35-28-45-46-29-36-25-38(21-19-34(36)27-44(46)47(45)30-37(35)26-39)54-48-13-7-4-10-40(48)41-11-5-8-14-49(41)54/h4-30H,1-3H3. The van der Waals surface area contributed by atoms with E-state index < -0.39 is 0 Å². The van der Waals surface area contributed by atoms with Gasteiger partial charge in [-0.15, -0.1) is 0 Å². The van der Waals surface area contributed by atoms with E-state index in [1.54, 1.807) is 0 Å². The van der Waals surface area contributed by atoms with Crippen molar-refractivity contribution in [3.8, 4) is 27.9 Å². The Hall–Kier alpha value is -7.10. The molecular weight excluding hydrogens is 681 g/mol. The van der Waals surface area contributed by atoms with Crippen molar-refractivity contribution in [3.63, 3.8) is 0 Å². The molecule has 0 aliphatic heterocycles. The fraction of sp³-hybridized carbons (Fsp3) is 0.0566. The molecule has 0 amide bonds. The van der Waals surface area contributed by atoms with Gasteiger partial charge < -0.3 is 13.9 Å². The zero-order valence-corrected chi connectivity index (χ0v) is 31.4. The maximum Gasteiger partial charge on any atom is 0.159 e. The van der Waals surface area contributed by atoms with Crippen LogP contribution >= 0.6 is 0 Å². The third-order valence-corrected chi connectivity index (χ3v) is 12.1. The van der Waals surface area contributed by atoms with Crippen LogP contribution in [-0.4, -0.2) is 4.57 Å². The minimum atomic E-state index is 0.905. The molecule has 11 aromatic rings. The Morgan fingerprint density at radius 3 is 1.75 bits per heavy atom. The summed E-state index contributed by atoms with van der Waals surface area (Å²) >= 11 is 0. The molecule has 2 heterocycles. The molecule has 2 aromatic heterocycles. The largest absolute Gasteiger partial charge is 0.454 e. The number of hydrogen-bond acceptors (Lipinski definition) is 2. The molecule has 0 N–H and O–H groups in total. The van der Waals surface area contributed by atoms with Gasteiger partial charge in [0.15, 0.2) is 5.58 Å². The fourth-order valence-electron chi connectivity index (χ4n) is 9.38. The number of hydrogen-bond donors (Lipinski definition) is 0. The van der Waals surface area contributed by atoms with Gasteiger partial charge in [0, 0.05) is 38.6 Å². The van der Waals surface area contributed by atoms with Crippen LogP contribution in [0.2, 0.25) is 0 Å². The Kier molecular flexibility index (Phi) is 6.40. The van der Waals surface area contributed by atoms with Gasteiger partial charge >= 0.3 is 0 Å². The number of aromatic nitrogens is 1. The Morgan fingerprint density at radius 1 is 0.446 bits per heavy atom. The third kappa shape index (κ3) is 4.40. The first-order chi connectivity index (χ1) is 27.5. The van der Waals surface area contributed by atoms with E-state index in [4.69, 9.17) is 4.42 Å². The number of para-hydroxylation sites is 3. The van der Waals surface area contributed by atoms with Crippen molar-refractivity contribution in [1.82, 2.24) is 4.57 Å². The van der Waals surface area contributed by atoms with Crippen molar-refractivity contribution in [3.05, 3.63) is 180 Å². The summed E-state index contributed by atoms with van der Waals surface area (Å²) in [7, 11) is 0. The number of nitrogens with zero attached hydrogens (tertiary/aromatic N) is 2. The van der Waals surface area contributed by atoms with Crippen molar-refractivity contribution in [2.45, 2.75) is 20.8 Å². The number of anilines is 3. The zero-order chi connectivity index (χ0) is 37.2. The first-order valence-corrected chi connectivity index (χ1v) is 19.4. The van der Waals surface area contributed by atoms with Crippen LogP contribution in [0, 0.1) is 20.8 Å². The van der Waals surface area contributed by atoms with Gasteiger partial charge in [-0.05, 0) is 154 Å². The predicted octanol–water partition coefficient (Wildman–Crippen LogP) is 15.0. The highest BCUT2D eigenvalue weighted by Crippen LogP contribution is 2.52. The van der Waals surface area contributed by atoms with Gasteiger partial charge in [0.2, 0.25) is 0 Å². The summed E-state index contributed by atoms with van der Waals surface area (Å²) in [5, 5.41) is 9.79. The van der Waals surface area contributed by atoms with Crippen LogP contribution in [0.1, 0.15) is 16.7 Å². The summed E-state index contributed by atoms with van der Waals surface area (Å²) in [6.07, 6.45) is 0. The number of furan rings is 1. The Balaban J connectivity index is 0.996. The van der Waals surface area contributed by atoms with Gasteiger partial charge in [-0.2, -0.15) is 0 Å². The molecule has 56 heavy (non-hydrogen) atoms.